The lowest BCUT2D eigenvalue weighted by Gasteiger charge is -2.27. The first-order chi connectivity index (χ1) is 15.5. The smallest absolute Gasteiger partial charge is 0.274 e. The van der Waals surface area contributed by atoms with Gasteiger partial charge in [-0.15, -0.1) is 0 Å². The number of amides is 2. The first-order valence-electron chi connectivity index (χ1n) is 10.9. The highest BCUT2D eigenvalue weighted by Crippen LogP contribution is 2.21. The molecule has 1 aromatic carbocycles. The molecule has 0 bridgehead atoms. The number of likely N-dealkylation sites (tertiary alicyclic amines) is 2. The summed E-state index contributed by atoms with van der Waals surface area (Å²) in [7, 11) is 0. The molecule has 2 aliphatic rings. The molecular weight excluding hydrogens is 414 g/mol. The van der Waals surface area contributed by atoms with Crippen LogP contribution < -0.4 is 10.6 Å². The van der Waals surface area contributed by atoms with Crippen LogP contribution in [-0.2, 0) is 9.59 Å². The number of carbonyl (C=O) groups is 2. The fourth-order valence-electron chi connectivity index (χ4n) is 4.22. The van der Waals surface area contributed by atoms with E-state index in [-0.39, 0.29) is 24.2 Å². The summed E-state index contributed by atoms with van der Waals surface area (Å²) in [5.41, 5.74) is 1.34. The summed E-state index contributed by atoms with van der Waals surface area (Å²) in [5.74, 6) is -0.135. The minimum absolute atomic E-state index is 0.0379. The minimum Gasteiger partial charge on any atom is -0.464 e. The number of nitrogens with zero attached hydrogens (tertiary/aromatic N) is 3. The summed E-state index contributed by atoms with van der Waals surface area (Å²) in [6.45, 7) is 2.04. The summed E-state index contributed by atoms with van der Waals surface area (Å²) in [6.07, 6.45) is 6.48. The van der Waals surface area contributed by atoms with Crippen molar-refractivity contribution in [3.8, 4) is 0 Å². The lowest BCUT2D eigenvalue weighted by molar-refractivity contribution is -0.403. The SMILES string of the molecule is O=C(CN1CCCCC(NC(=C[N+](=O)[O-])Nc2ccc3occc3c2)C1=O)N1CCCC1. The Morgan fingerprint density at radius 3 is 2.75 bits per heavy atom. The molecule has 3 heterocycles. The third kappa shape index (κ3) is 5.19. The molecule has 10 heteroatoms. The average Bonchev–Trinajstić information content (AvgIpc) is 3.42. The zero-order valence-corrected chi connectivity index (χ0v) is 17.8. The quantitative estimate of drug-likeness (QED) is 0.500. The van der Waals surface area contributed by atoms with E-state index in [1.807, 2.05) is 6.07 Å². The van der Waals surface area contributed by atoms with Gasteiger partial charge in [0.1, 0.15) is 11.6 Å². The normalized spacial score (nSPS) is 19.8. The molecule has 32 heavy (non-hydrogen) atoms. The summed E-state index contributed by atoms with van der Waals surface area (Å²) < 4.78 is 5.32. The largest absolute Gasteiger partial charge is 0.464 e. The first-order valence-corrected chi connectivity index (χ1v) is 10.9. The van der Waals surface area contributed by atoms with Gasteiger partial charge in [0.15, 0.2) is 5.82 Å². The van der Waals surface area contributed by atoms with Gasteiger partial charge in [-0.05, 0) is 56.4 Å². The lowest BCUT2D eigenvalue weighted by Crippen LogP contribution is -2.49. The molecule has 1 atom stereocenters. The molecule has 2 saturated heterocycles. The molecule has 2 N–H and O–H groups in total. The third-order valence-electron chi connectivity index (χ3n) is 5.86. The van der Waals surface area contributed by atoms with Gasteiger partial charge in [-0.25, -0.2) is 0 Å². The summed E-state index contributed by atoms with van der Waals surface area (Å²) in [4.78, 5) is 39.7. The predicted molar refractivity (Wildman–Crippen MR) is 118 cm³/mol. The standard InChI is InChI=1S/C22H27N5O5/c28-21(25-9-3-4-10-25)15-26-11-2-1-5-18(22(26)29)24-20(14-27(30)31)23-17-6-7-19-16(13-17)8-12-32-19/h6-8,12-14,18,23-24H,1-5,9-11,15H2. The molecule has 1 aromatic heterocycles. The molecule has 0 radical (unpaired) electrons. The van der Waals surface area contributed by atoms with Crippen LogP contribution in [0.3, 0.4) is 0 Å². The maximum absolute atomic E-state index is 13.2. The fraction of sp³-hybridized carbons (Fsp3) is 0.455. The number of benzene rings is 1. The van der Waals surface area contributed by atoms with Crippen molar-refractivity contribution < 1.29 is 18.9 Å². The second-order valence-electron chi connectivity index (χ2n) is 8.17. The molecule has 2 aromatic rings. The highest BCUT2D eigenvalue weighted by molar-refractivity contribution is 5.88. The number of hydrogen-bond acceptors (Lipinski definition) is 7. The van der Waals surface area contributed by atoms with Gasteiger partial charge in [0, 0.05) is 30.7 Å². The number of furan rings is 1. The zero-order valence-electron chi connectivity index (χ0n) is 17.8. The van der Waals surface area contributed by atoms with Crippen molar-refractivity contribution in [2.24, 2.45) is 0 Å². The lowest BCUT2D eigenvalue weighted by atomic mass is 10.1. The number of anilines is 1. The van der Waals surface area contributed by atoms with Crippen molar-refractivity contribution in [2.45, 2.75) is 38.1 Å². The number of nitro groups is 1. The Morgan fingerprint density at radius 1 is 1.19 bits per heavy atom. The van der Waals surface area contributed by atoms with Gasteiger partial charge >= 0.3 is 0 Å². The summed E-state index contributed by atoms with van der Waals surface area (Å²) in [5, 5.41) is 18.1. The molecule has 2 fully saturated rings. The van der Waals surface area contributed by atoms with E-state index >= 15 is 0 Å². The van der Waals surface area contributed by atoms with Crippen molar-refractivity contribution in [1.29, 1.82) is 0 Å². The van der Waals surface area contributed by atoms with Crippen LogP contribution >= 0.6 is 0 Å². The van der Waals surface area contributed by atoms with Crippen molar-refractivity contribution in [3.63, 3.8) is 0 Å². The van der Waals surface area contributed by atoms with Crippen LogP contribution in [0.1, 0.15) is 32.1 Å². The number of carbonyl (C=O) groups excluding carboxylic acids is 2. The maximum Gasteiger partial charge on any atom is 0.274 e. The molecule has 170 valence electrons. The van der Waals surface area contributed by atoms with Crippen LogP contribution in [0.25, 0.3) is 11.0 Å². The maximum atomic E-state index is 13.2. The molecule has 2 amide bonds. The van der Waals surface area contributed by atoms with Crippen molar-refractivity contribution in [3.05, 3.63) is 52.7 Å². The van der Waals surface area contributed by atoms with Gasteiger partial charge in [0.25, 0.3) is 6.20 Å². The van der Waals surface area contributed by atoms with Crippen LogP contribution in [0.5, 0.6) is 0 Å². The third-order valence-corrected chi connectivity index (χ3v) is 5.86. The van der Waals surface area contributed by atoms with Crippen LogP contribution in [0.4, 0.5) is 5.69 Å². The van der Waals surface area contributed by atoms with Gasteiger partial charge in [0.2, 0.25) is 11.8 Å². The Bertz CT molecular complexity index is 1030. The van der Waals surface area contributed by atoms with Crippen molar-refractivity contribution in [1.82, 2.24) is 15.1 Å². The van der Waals surface area contributed by atoms with Gasteiger partial charge in [-0.2, -0.15) is 0 Å². The van der Waals surface area contributed by atoms with Gasteiger partial charge in [0.05, 0.1) is 17.7 Å². The van der Waals surface area contributed by atoms with Crippen LogP contribution in [0.2, 0.25) is 0 Å². The van der Waals surface area contributed by atoms with E-state index < -0.39 is 11.0 Å². The van der Waals surface area contributed by atoms with E-state index in [1.54, 1.807) is 34.3 Å². The van der Waals surface area contributed by atoms with E-state index in [9.17, 15) is 19.7 Å². The minimum atomic E-state index is -0.653. The Balaban J connectivity index is 1.46. The second-order valence-corrected chi connectivity index (χ2v) is 8.17. The molecule has 4 rings (SSSR count). The predicted octanol–water partition coefficient (Wildman–Crippen LogP) is 2.51. The Kier molecular flexibility index (Phi) is 6.58. The van der Waals surface area contributed by atoms with Gasteiger partial charge in [-0.1, -0.05) is 0 Å². The highest BCUT2D eigenvalue weighted by atomic mass is 16.6. The number of nitrogens with one attached hydrogen (secondary N) is 2. The molecule has 10 nitrogen and oxygen atoms in total. The van der Waals surface area contributed by atoms with Crippen LogP contribution in [-0.4, -0.2) is 58.8 Å². The van der Waals surface area contributed by atoms with Crippen LogP contribution in [0, 0.1) is 10.1 Å². The number of rotatable bonds is 7. The molecular formula is C22H27N5O5. The Labute approximate surface area is 185 Å². The Hall–Kier alpha value is -3.56. The van der Waals surface area contributed by atoms with Crippen LogP contribution in [0.15, 0.2) is 47.0 Å². The number of fused-ring (bicyclic) bond motifs is 1. The summed E-state index contributed by atoms with van der Waals surface area (Å²) >= 11 is 0. The van der Waals surface area contributed by atoms with E-state index in [0.29, 0.717) is 24.2 Å². The van der Waals surface area contributed by atoms with E-state index in [2.05, 4.69) is 10.6 Å². The fourth-order valence-corrected chi connectivity index (χ4v) is 4.22. The summed E-state index contributed by atoms with van der Waals surface area (Å²) in [6, 6.07) is 6.47. The molecule has 2 aliphatic heterocycles. The van der Waals surface area contributed by atoms with E-state index in [1.165, 1.54) is 0 Å². The van der Waals surface area contributed by atoms with Crippen molar-refractivity contribution >= 4 is 28.5 Å². The molecule has 0 saturated carbocycles. The van der Waals surface area contributed by atoms with E-state index in [4.69, 9.17) is 4.42 Å². The monoisotopic (exact) mass is 441 g/mol. The first kappa shape index (κ1) is 21.7. The highest BCUT2D eigenvalue weighted by Gasteiger charge is 2.30. The molecule has 0 spiro atoms. The topological polar surface area (TPSA) is 121 Å². The van der Waals surface area contributed by atoms with E-state index in [0.717, 1.165) is 50.4 Å². The second kappa shape index (κ2) is 9.71. The Morgan fingerprint density at radius 2 is 1.97 bits per heavy atom. The zero-order chi connectivity index (χ0) is 22.5. The van der Waals surface area contributed by atoms with Gasteiger partial charge < -0.3 is 24.9 Å². The van der Waals surface area contributed by atoms with Crippen molar-refractivity contribution in [2.75, 3.05) is 31.5 Å². The number of hydrogen-bond donors (Lipinski definition) is 2. The average molecular weight is 441 g/mol. The molecule has 0 aliphatic carbocycles. The van der Waals surface area contributed by atoms with Gasteiger partial charge in [-0.3, -0.25) is 19.7 Å². The molecule has 1 unspecified atom stereocenters.